The van der Waals surface area contributed by atoms with Gasteiger partial charge in [0.1, 0.15) is 0 Å². The van der Waals surface area contributed by atoms with Crippen LogP contribution in [-0.4, -0.2) is 36.0 Å². The number of allylic oxidation sites excluding steroid dienone is 1. The van der Waals surface area contributed by atoms with Crippen LogP contribution >= 0.6 is 0 Å². The van der Waals surface area contributed by atoms with E-state index in [4.69, 9.17) is 0 Å². The summed E-state index contributed by atoms with van der Waals surface area (Å²) in [4.78, 5) is 11.2. The first kappa shape index (κ1) is 24.4. The van der Waals surface area contributed by atoms with Crippen LogP contribution in [-0.2, 0) is 9.53 Å². The fourth-order valence-corrected chi connectivity index (χ4v) is 1.42. The first-order valence-electron chi connectivity index (χ1n) is 6.85. The highest BCUT2D eigenvalue weighted by atomic mass is 19.4. The van der Waals surface area contributed by atoms with Crippen molar-refractivity contribution < 1.29 is 57.8 Å². The van der Waals surface area contributed by atoms with Gasteiger partial charge in [0.05, 0.1) is 0 Å². The second-order valence-electron chi connectivity index (χ2n) is 5.16. The van der Waals surface area contributed by atoms with Crippen LogP contribution in [0.25, 0.3) is 0 Å². The number of carbonyl (C=O) groups is 1. The van der Waals surface area contributed by atoms with Gasteiger partial charge >= 0.3 is 36.0 Å². The van der Waals surface area contributed by atoms with Gasteiger partial charge in [0.15, 0.2) is 0 Å². The maximum absolute atomic E-state index is 13.2. The molecular weight excluding hydrogens is 397 g/mol. The molecule has 0 aromatic heterocycles. The van der Waals surface area contributed by atoms with Gasteiger partial charge in [-0.3, -0.25) is 0 Å². The number of esters is 1. The van der Waals surface area contributed by atoms with Crippen molar-refractivity contribution in [2.75, 3.05) is 0 Å². The van der Waals surface area contributed by atoms with E-state index in [9.17, 15) is 53.1 Å². The Morgan fingerprint density at radius 1 is 0.846 bits per heavy atom. The van der Waals surface area contributed by atoms with E-state index in [1.165, 1.54) is 0 Å². The molecule has 0 aromatic rings. The van der Waals surface area contributed by atoms with Gasteiger partial charge in [0.2, 0.25) is 0 Å². The molecule has 0 aliphatic rings. The summed E-state index contributed by atoms with van der Waals surface area (Å²) in [5.41, 5.74) is -0.750. The number of rotatable bonds is 8. The first-order chi connectivity index (χ1) is 11.4. The molecule has 0 rings (SSSR count). The van der Waals surface area contributed by atoms with Crippen LogP contribution in [0.3, 0.4) is 0 Å². The van der Waals surface area contributed by atoms with Gasteiger partial charge in [-0.1, -0.05) is 25.8 Å². The van der Waals surface area contributed by atoms with Crippen LogP contribution in [0.2, 0.25) is 0 Å². The zero-order chi connectivity index (χ0) is 21.2. The first-order valence-corrected chi connectivity index (χ1v) is 6.85. The van der Waals surface area contributed by atoms with Gasteiger partial charge in [0.25, 0.3) is 0 Å². The number of halogens is 11. The lowest BCUT2D eigenvalue weighted by atomic mass is 10.0. The maximum Gasteiger partial charge on any atom is 0.473 e. The Labute approximate surface area is 140 Å². The molecule has 0 amide bonds. The van der Waals surface area contributed by atoms with Gasteiger partial charge in [0, 0.05) is 5.57 Å². The third-order valence-electron chi connectivity index (χ3n) is 3.06. The predicted octanol–water partition coefficient (Wildman–Crippen LogP) is 5.73. The van der Waals surface area contributed by atoms with Crippen molar-refractivity contribution in [1.82, 2.24) is 0 Å². The minimum atomic E-state index is -7.61. The highest BCUT2D eigenvalue weighted by Gasteiger charge is 2.88. The van der Waals surface area contributed by atoms with E-state index in [1.807, 2.05) is 0 Å². The average molecular weight is 410 g/mol. The molecule has 0 fully saturated rings. The molecule has 154 valence electrons. The Bertz CT molecular complexity index is 535. The molecule has 26 heavy (non-hydrogen) atoms. The summed E-state index contributed by atoms with van der Waals surface area (Å²) >= 11 is 0. The second kappa shape index (κ2) is 7.59. The van der Waals surface area contributed by atoms with E-state index >= 15 is 0 Å². The topological polar surface area (TPSA) is 26.3 Å². The molecule has 0 atom stereocenters. The zero-order valence-corrected chi connectivity index (χ0v) is 13.2. The Balaban J connectivity index is 5.68. The van der Waals surface area contributed by atoms with Crippen molar-refractivity contribution in [3.05, 3.63) is 11.6 Å². The van der Waals surface area contributed by atoms with E-state index in [1.54, 1.807) is 6.92 Å². The Morgan fingerprint density at radius 2 is 1.31 bits per heavy atom. The quantitative estimate of drug-likeness (QED) is 0.221. The normalized spacial score (nSPS) is 15.2. The third kappa shape index (κ3) is 4.40. The van der Waals surface area contributed by atoms with Crippen LogP contribution in [0.15, 0.2) is 11.6 Å². The van der Waals surface area contributed by atoms with Gasteiger partial charge < -0.3 is 4.74 Å². The number of hydrogen-bond acceptors (Lipinski definition) is 2. The molecule has 2 nitrogen and oxygen atoms in total. The standard InChI is InChI=1S/C13H13F11O2/c1-3-4-5-6-7(2)8(25)26-13(23,24)11(18,19)9(14,15)10(16,17)12(20,21)22/h6H,3-5H2,1-2H3. The van der Waals surface area contributed by atoms with E-state index in [-0.39, 0.29) is 6.42 Å². The van der Waals surface area contributed by atoms with E-state index in [2.05, 4.69) is 4.74 Å². The zero-order valence-electron chi connectivity index (χ0n) is 13.2. The van der Waals surface area contributed by atoms with Gasteiger partial charge in [-0.05, 0) is 13.3 Å². The van der Waals surface area contributed by atoms with E-state index < -0.39 is 41.6 Å². The number of hydrogen-bond donors (Lipinski definition) is 0. The van der Waals surface area contributed by atoms with Crippen molar-refractivity contribution in [3.8, 4) is 0 Å². The largest absolute Gasteiger partial charge is 0.473 e. The van der Waals surface area contributed by atoms with Gasteiger partial charge in [-0.25, -0.2) is 4.79 Å². The van der Waals surface area contributed by atoms with Crippen molar-refractivity contribution in [1.29, 1.82) is 0 Å². The number of ether oxygens (including phenoxy) is 1. The molecule has 0 radical (unpaired) electrons. The van der Waals surface area contributed by atoms with Crippen LogP contribution in [0.4, 0.5) is 48.3 Å². The minimum Gasteiger partial charge on any atom is -0.393 e. The molecule has 0 unspecified atom stereocenters. The lowest BCUT2D eigenvalue weighted by molar-refractivity contribution is -0.449. The number of unbranched alkanes of at least 4 members (excludes halogenated alkanes) is 2. The smallest absolute Gasteiger partial charge is 0.393 e. The molecule has 0 heterocycles. The molecule has 0 saturated carbocycles. The summed E-state index contributed by atoms with van der Waals surface area (Å²) in [6.07, 6.45) is -11.9. The molecule has 0 aliphatic heterocycles. The molecule has 0 N–H and O–H groups in total. The summed E-state index contributed by atoms with van der Waals surface area (Å²) < 4.78 is 142. The lowest BCUT2D eigenvalue weighted by Gasteiger charge is -2.36. The lowest BCUT2D eigenvalue weighted by Crippen LogP contribution is -2.67. The average Bonchev–Trinajstić information content (AvgIpc) is 2.44. The minimum absolute atomic E-state index is 0.0850. The maximum atomic E-state index is 13.2. The summed E-state index contributed by atoms with van der Waals surface area (Å²) in [6.45, 7) is 2.47. The fraction of sp³-hybridized carbons (Fsp3) is 0.769. The van der Waals surface area contributed by atoms with Crippen LogP contribution in [0.5, 0.6) is 0 Å². The van der Waals surface area contributed by atoms with E-state index in [0.29, 0.717) is 12.8 Å². The molecule has 0 spiro atoms. The fourth-order valence-electron chi connectivity index (χ4n) is 1.42. The molecule has 0 bridgehead atoms. The summed E-state index contributed by atoms with van der Waals surface area (Å²) in [5.74, 6) is -24.8. The predicted molar refractivity (Wildman–Crippen MR) is 65.2 cm³/mol. The molecule has 0 aliphatic carbocycles. The molecule has 0 aromatic carbocycles. The van der Waals surface area contributed by atoms with Crippen molar-refractivity contribution in [2.45, 2.75) is 63.2 Å². The van der Waals surface area contributed by atoms with Crippen LogP contribution in [0, 0.1) is 0 Å². The highest BCUT2D eigenvalue weighted by Crippen LogP contribution is 2.57. The Morgan fingerprint density at radius 3 is 1.69 bits per heavy atom. The Kier molecular flexibility index (Phi) is 7.13. The second-order valence-corrected chi connectivity index (χ2v) is 5.16. The molecular formula is C13H13F11O2. The molecule has 13 heteroatoms. The third-order valence-corrected chi connectivity index (χ3v) is 3.06. The summed E-state index contributed by atoms with van der Waals surface area (Å²) in [7, 11) is 0. The molecule has 0 saturated heterocycles. The van der Waals surface area contributed by atoms with Crippen LogP contribution < -0.4 is 0 Å². The SMILES string of the molecule is CCCCC=C(C)C(=O)OC(F)(F)C(F)(F)C(F)(F)C(F)(F)C(F)(F)F. The van der Waals surface area contributed by atoms with E-state index in [0.717, 1.165) is 13.0 Å². The number of carbonyl (C=O) groups excluding carboxylic acids is 1. The monoisotopic (exact) mass is 410 g/mol. The summed E-state index contributed by atoms with van der Waals surface area (Å²) in [6, 6.07) is 0. The van der Waals surface area contributed by atoms with Crippen molar-refractivity contribution in [3.63, 3.8) is 0 Å². The summed E-state index contributed by atoms with van der Waals surface area (Å²) in [5, 5.41) is 0. The van der Waals surface area contributed by atoms with Crippen LogP contribution in [0.1, 0.15) is 33.1 Å². The van der Waals surface area contributed by atoms with Gasteiger partial charge in [-0.15, -0.1) is 0 Å². The Hall–Kier alpha value is -1.56. The number of alkyl halides is 11. The van der Waals surface area contributed by atoms with Crippen molar-refractivity contribution >= 4 is 5.97 Å². The highest BCUT2D eigenvalue weighted by molar-refractivity contribution is 5.87. The van der Waals surface area contributed by atoms with Crippen molar-refractivity contribution in [2.24, 2.45) is 0 Å². The van der Waals surface area contributed by atoms with Gasteiger partial charge in [-0.2, -0.15) is 48.3 Å².